The van der Waals surface area contributed by atoms with Crippen LogP contribution in [0, 0.1) is 6.92 Å². The summed E-state index contributed by atoms with van der Waals surface area (Å²) in [5, 5.41) is 0. The zero-order chi connectivity index (χ0) is 31.8. The van der Waals surface area contributed by atoms with Crippen LogP contribution in [0.25, 0.3) is 0 Å². The minimum atomic E-state index is -2.64. The van der Waals surface area contributed by atoms with Gasteiger partial charge in [0.05, 0.1) is 27.4 Å². The van der Waals surface area contributed by atoms with Crippen LogP contribution >= 0.6 is 7.15 Å². The molecule has 2 saturated heterocycles. The maximum Gasteiger partial charge on any atom is 0.330 e. The molecule has 1 aromatic heterocycles. The number of aromatic amines is 1. The highest BCUT2D eigenvalue weighted by Gasteiger charge is 2.64. The molecule has 0 amide bonds. The molecular weight excluding hydrogens is 619 g/mol. The number of hydrogen-bond acceptors (Lipinski definition) is 9. The lowest BCUT2D eigenvalue weighted by molar-refractivity contribution is -0.203. The molecule has 3 unspecified atom stereocenters. The number of nitrogens with one attached hydrogen (secondary N) is 1. The zero-order valence-electron chi connectivity index (χ0n) is 24.8. The van der Waals surface area contributed by atoms with Crippen LogP contribution in [0.15, 0.2) is 94.6 Å². The molecule has 2 aliphatic heterocycles. The van der Waals surface area contributed by atoms with Gasteiger partial charge in [-0.25, -0.2) is 4.79 Å². The largest absolute Gasteiger partial charge is 0.497 e. The van der Waals surface area contributed by atoms with Gasteiger partial charge in [-0.3, -0.25) is 14.3 Å². The molecule has 3 aromatic carbocycles. The number of hydrogen-bond donors (Lipinski definition) is 2. The Balaban J connectivity index is 1.47. The van der Waals surface area contributed by atoms with Crippen LogP contribution in [0.3, 0.4) is 0 Å². The first-order valence-corrected chi connectivity index (χ1v) is 16.7. The number of nitrogens with zero attached hydrogens (tertiary/aromatic N) is 1. The van der Waals surface area contributed by atoms with Crippen molar-refractivity contribution in [1.29, 1.82) is 0 Å². The Labute approximate surface area is 264 Å². The fourth-order valence-corrected chi connectivity index (χ4v) is 6.96. The fraction of sp³-hybridized carbons (Fsp3) is 0.312. The second kappa shape index (κ2) is 12.6. The van der Waals surface area contributed by atoms with E-state index in [2.05, 4.69) is 4.98 Å². The van der Waals surface area contributed by atoms with Gasteiger partial charge in [0.15, 0.2) is 13.4 Å². The molecule has 0 saturated carbocycles. The summed E-state index contributed by atoms with van der Waals surface area (Å²) in [6, 6.07) is 25.0. The molecule has 0 radical (unpaired) electrons. The van der Waals surface area contributed by atoms with Gasteiger partial charge in [-0.2, -0.15) is 0 Å². The molecule has 3 heterocycles. The van der Waals surface area contributed by atoms with Gasteiger partial charge in [-0.15, -0.1) is 0 Å². The quantitative estimate of drug-likeness (QED) is 0.184. The second-order valence-corrected chi connectivity index (χ2v) is 12.7. The van der Waals surface area contributed by atoms with Crippen molar-refractivity contribution in [2.75, 3.05) is 27.4 Å². The minimum absolute atomic E-state index is 0.0521. The highest BCUT2D eigenvalue weighted by Crippen LogP contribution is 2.51. The van der Waals surface area contributed by atoms with Crippen LogP contribution in [0.5, 0.6) is 11.5 Å². The van der Waals surface area contributed by atoms with Gasteiger partial charge < -0.3 is 33.1 Å². The van der Waals surface area contributed by atoms with Gasteiger partial charge in [-0.05, 0) is 59.7 Å². The van der Waals surface area contributed by atoms with Crippen molar-refractivity contribution in [3.05, 3.63) is 128 Å². The Bertz CT molecular complexity index is 1750. The Kier molecular flexibility index (Phi) is 8.82. The number of rotatable bonds is 11. The third-order valence-corrected chi connectivity index (χ3v) is 9.07. The van der Waals surface area contributed by atoms with Crippen molar-refractivity contribution < 1.29 is 33.1 Å². The lowest BCUT2D eigenvalue weighted by Gasteiger charge is -2.40. The van der Waals surface area contributed by atoms with Crippen LogP contribution in [-0.2, 0) is 36.1 Å². The van der Waals surface area contributed by atoms with Crippen molar-refractivity contribution in [2.45, 2.75) is 36.6 Å². The summed E-state index contributed by atoms with van der Waals surface area (Å²) in [6.07, 6.45) is -1.22. The molecule has 2 aliphatic rings. The topological polar surface area (TPSA) is 130 Å². The predicted molar refractivity (Wildman–Crippen MR) is 170 cm³/mol. The number of ether oxygens (including phenoxy) is 5. The Morgan fingerprint density at radius 2 is 1.56 bits per heavy atom. The van der Waals surface area contributed by atoms with Gasteiger partial charge in [0, 0.05) is 11.8 Å². The summed E-state index contributed by atoms with van der Waals surface area (Å²) in [7, 11) is 0.573. The van der Waals surface area contributed by atoms with E-state index in [1.165, 1.54) is 10.8 Å². The van der Waals surface area contributed by atoms with Crippen LogP contribution in [0.4, 0.5) is 0 Å². The highest BCUT2D eigenvalue weighted by atomic mass is 32.4. The maximum atomic E-state index is 12.9. The molecule has 2 N–H and O–H groups in total. The standard InChI is InChI=1S/C32H33N2O9PS/c1-20-17-34(30(36)33-28(20)35)29-26-27(43-44(37)45)31(42-29,18-40-26)19-41-32(21-7-5-4-6-8-21,22-9-13-24(38-2)14-10-22)23-11-15-25(39-3)16-12-23/h4-17,26-27,29,44H,18-19H2,1-3H3,(H,37,45)(H,33,35,36)/t26?,27?,29-,31-/m1/s1. The van der Waals surface area contributed by atoms with Crippen molar-refractivity contribution in [2.24, 2.45) is 0 Å². The first-order valence-electron chi connectivity index (χ1n) is 14.2. The summed E-state index contributed by atoms with van der Waals surface area (Å²) in [6.45, 7) is 1.56. The molecule has 236 valence electrons. The monoisotopic (exact) mass is 652 g/mol. The van der Waals surface area contributed by atoms with Crippen LogP contribution in [0.2, 0.25) is 0 Å². The number of methoxy groups -OCH3 is 2. The molecule has 13 heteroatoms. The number of H-pyrrole nitrogens is 1. The van der Waals surface area contributed by atoms with E-state index in [1.807, 2.05) is 78.9 Å². The maximum absolute atomic E-state index is 12.9. The van der Waals surface area contributed by atoms with E-state index in [0.717, 1.165) is 16.7 Å². The van der Waals surface area contributed by atoms with Gasteiger partial charge in [0.2, 0.25) is 0 Å². The van der Waals surface area contributed by atoms with E-state index >= 15 is 0 Å². The van der Waals surface area contributed by atoms with Gasteiger partial charge in [-0.1, -0.05) is 54.6 Å². The summed E-state index contributed by atoms with van der Waals surface area (Å²) in [5.41, 5.74) is -0.834. The van der Waals surface area contributed by atoms with Crippen molar-refractivity contribution >= 4 is 19.0 Å². The lowest BCUT2D eigenvalue weighted by atomic mass is 9.79. The first-order chi connectivity index (χ1) is 21.7. The first kappa shape index (κ1) is 31.4. The van der Waals surface area contributed by atoms with E-state index in [9.17, 15) is 14.5 Å². The van der Waals surface area contributed by atoms with E-state index in [-0.39, 0.29) is 13.2 Å². The van der Waals surface area contributed by atoms with E-state index in [1.54, 1.807) is 21.1 Å². The van der Waals surface area contributed by atoms with Gasteiger partial charge in [0.25, 0.3) is 5.56 Å². The van der Waals surface area contributed by atoms with E-state index < -0.39 is 48.0 Å². The molecule has 6 rings (SSSR count). The number of benzene rings is 3. The van der Waals surface area contributed by atoms with Crippen molar-refractivity contribution in [3.8, 4) is 11.5 Å². The van der Waals surface area contributed by atoms with Gasteiger partial charge >= 0.3 is 5.69 Å². The molecular formula is C32H33N2O9PS. The third kappa shape index (κ3) is 5.68. The minimum Gasteiger partial charge on any atom is -0.497 e. The van der Waals surface area contributed by atoms with Crippen LogP contribution < -0.4 is 20.7 Å². The molecule has 5 atom stereocenters. The Hall–Kier alpha value is -3.61. The SMILES string of the molecule is COc1ccc(C(OC[C@]23COC(C2O[PH](O)=S)[C@H](n2cc(C)c(=O)[nH]c2=O)O3)(c2ccccc2)c2ccc(OC)cc2)cc1. The second-order valence-electron chi connectivity index (χ2n) is 10.9. The zero-order valence-corrected chi connectivity index (χ0v) is 26.6. The van der Waals surface area contributed by atoms with Crippen LogP contribution in [-0.4, -0.2) is 59.7 Å². The molecule has 2 bridgehead atoms. The van der Waals surface area contributed by atoms with Gasteiger partial charge in [0.1, 0.15) is 34.9 Å². The molecule has 11 nitrogen and oxygen atoms in total. The molecule has 0 aliphatic carbocycles. The molecule has 2 fully saturated rings. The fourth-order valence-electron chi connectivity index (χ4n) is 6.08. The molecule has 0 spiro atoms. The Morgan fingerprint density at radius 3 is 2.11 bits per heavy atom. The molecule has 4 aromatic rings. The Morgan fingerprint density at radius 1 is 0.978 bits per heavy atom. The van der Waals surface area contributed by atoms with Crippen LogP contribution in [0.1, 0.15) is 28.5 Å². The molecule has 45 heavy (non-hydrogen) atoms. The third-order valence-electron chi connectivity index (χ3n) is 8.33. The average Bonchev–Trinajstić information content (AvgIpc) is 3.54. The smallest absolute Gasteiger partial charge is 0.330 e. The average molecular weight is 653 g/mol. The van der Waals surface area contributed by atoms with Crippen molar-refractivity contribution in [3.63, 3.8) is 0 Å². The summed E-state index contributed by atoms with van der Waals surface area (Å²) in [4.78, 5) is 37.5. The summed E-state index contributed by atoms with van der Waals surface area (Å²) >= 11 is 5.10. The summed E-state index contributed by atoms with van der Waals surface area (Å²) in [5.74, 6) is 1.36. The predicted octanol–water partition coefficient (Wildman–Crippen LogP) is 3.42. The van der Waals surface area contributed by atoms with E-state index in [4.69, 9.17) is 40.0 Å². The number of fused-ring (bicyclic) bond motifs is 2. The highest BCUT2D eigenvalue weighted by molar-refractivity contribution is 8.00. The number of aryl methyl sites for hydroxylation is 1. The normalized spacial score (nSPS) is 23.2. The summed E-state index contributed by atoms with van der Waals surface area (Å²) < 4.78 is 37.9. The van der Waals surface area contributed by atoms with Crippen molar-refractivity contribution in [1.82, 2.24) is 9.55 Å². The lowest BCUT2D eigenvalue weighted by Crippen LogP contribution is -2.49. The number of aromatic nitrogens is 2. The van der Waals surface area contributed by atoms with E-state index in [0.29, 0.717) is 17.1 Å².